The number of hydrogen-bond donors (Lipinski definition) is 1. The van der Waals surface area contributed by atoms with Gasteiger partial charge in [0.15, 0.2) is 0 Å². The van der Waals surface area contributed by atoms with Crippen LogP contribution in [0.15, 0.2) is 12.7 Å². The second-order valence-electron chi connectivity index (χ2n) is 4.88. The van der Waals surface area contributed by atoms with Crippen LogP contribution in [0.2, 0.25) is 0 Å². The Kier molecular flexibility index (Phi) is 6.00. The Labute approximate surface area is 95.3 Å². The van der Waals surface area contributed by atoms with Crippen molar-refractivity contribution in [2.45, 2.75) is 58.4 Å². The van der Waals surface area contributed by atoms with Crippen LogP contribution in [0.4, 0.5) is 0 Å². The molecule has 88 valence electrons. The van der Waals surface area contributed by atoms with E-state index in [4.69, 9.17) is 0 Å². The number of rotatable bonds is 7. The molecule has 1 N–H and O–H groups in total. The predicted octanol–water partition coefficient (Wildman–Crippen LogP) is 3.76. The van der Waals surface area contributed by atoms with Crippen LogP contribution in [0, 0.1) is 11.8 Å². The van der Waals surface area contributed by atoms with E-state index in [1.54, 1.807) is 0 Å². The van der Waals surface area contributed by atoms with Crippen molar-refractivity contribution in [3.63, 3.8) is 0 Å². The van der Waals surface area contributed by atoms with E-state index in [9.17, 15) is 0 Å². The normalized spacial score (nSPS) is 27.9. The summed E-state index contributed by atoms with van der Waals surface area (Å²) >= 11 is 0. The molecule has 3 unspecified atom stereocenters. The Balaban J connectivity index is 2.37. The van der Waals surface area contributed by atoms with E-state index in [2.05, 4.69) is 31.8 Å². The van der Waals surface area contributed by atoms with Crippen LogP contribution < -0.4 is 5.32 Å². The van der Waals surface area contributed by atoms with Crippen LogP contribution in [-0.4, -0.2) is 12.6 Å². The maximum atomic E-state index is 3.82. The molecule has 15 heavy (non-hydrogen) atoms. The zero-order chi connectivity index (χ0) is 11.1. The summed E-state index contributed by atoms with van der Waals surface area (Å²) in [6.07, 6.45) is 10.2. The fourth-order valence-electron chi connectivity index (χ4n) is 2.91. The van der Waals surface area contributed by atoms with Gasteiger partial charge in [0.05, 0.1) is 0 Å². The standard InChI is InChI=1S/C14H27N/c1-4-7-8-14(15-6-3)13-10-9-12(5-2)11-13/h4,12-15H,1,5-11H2,2-3H3. The van der Waals surface area contributed by atoms with Gasteiger partial charge in [-0.15, -0.1) is 6.58 Å². The second kappa shape index (κ2) is 7.05. The van der Waals surface area contributed by atoms with Crippen molar-refractivity contribution in [2.75, 3.05) is 6.54 Å². The fourth-order valence-corrected chi connectivity index (χ4v) is 2.91. The van der Waals surface area contributed by atoms with Gasteiger partial charge in [-0.2, -0.15) is 0 Å². The second-order valence-corrected chi connectivity index (χ2v) is 4.88. The van der Waals surface area contributed by atoms with E-state index in [-0.39, 0.29) is 0 Å². The molecule has 1 fully saturated rings. The van der Waals surface area contributed by atoms with Crippen molar-refractivity contribution in [1.29, 1.82) is 0 Å². The van der Waals surface area contributed by atoms with Gasteiger partial charge in [0.25, 0.3) is 0 Å². The van der Waals surface area contributed by atoms with Crippen LogP contribution in [0.3, 0.4) is 0 Å². The highest BCUT2D eigenvalue weighted by molar-refractivity contribution is 4.85. The molecule has 1 rings (SSSR count). The van der Waals surface area contributed by atoms with Crippen LogP contribution in [-0.2, 0) is 0 Å². The quantitative estimate of drug-likeness (QED) is 0.630. The molecule has 0 aliphatic heterocycles. The molecule has 0 spiro atoms. The molecular weight excluding hydrogens is 182 g/mol. The molecule has 0 heterocycles. The lowest BCUT2D eigenvalue weighted by Gasteiger charge is -2.24. The summed E-state index contributed by atoms with van der Waals surface area (Å²) in [5.74, 6) is 1.93. The minimum atomic E-state index is 0.740. The smallest absolute Gasteiger partial charge is 0.00982 e. The van der Waals surface area contributed by atoms with Crippen LogP contribution >= 0.6 is 0 Å². The third-order valence-electron chi connectivity index (χ3n) is 3.88. The number of allylic oxidation sites excluding steroid dienone is 1. The van der Waals surface area contributed by atoms with E-state index < -0.39 is 0 Å². The highest BCUT2D eigenvalue weighted by Crippen LogP contribution is 2.35. The van der Waals surface area contributed by atoms with E-state index in [1.807, 2.05) is 0 Å². The summed E-state index contributed by atoms with van der Waals surface area (Å²) in [5, 5.41) is 3.66. The molecule has 0 aromatic heterocycles. The van der Waals surface area contributed by atoms with Crippen molar-refractivity contribution in [3.05, 3.63) is 12.7 Å². The van der Waals surface area contributed by atoms with Crippen LogP contribution in [0.25, 0.3) is 0 Å². The van der Waals surface area contributed by atoms with Gasteiger partial charge in [-0.3, -0.25) is 0 Å². The Morgan fingerprint density at radius 3 is 2.73 bits per heavy atom. The van der Waals surface area contributed by atoms with Crippen molar-refractivity contribution >= 4 is 0 Å². The van der Waals surface area contributed by atoms with Gasteiger partial charge in [0.1, 0.15) is 0 Å². The first kappa shape index (κ1) is 12.8. The van der Waals surface area contributed by atoms with Crippen molar-refractivity contribution in [1.82, 2.24) is 5.32 Å². The van der Waals surface area contributed by atoms with Gasteiger partial charge < -0.3 is 5.32 Å². The molecule has 1 aliphatic rings. The Morgan fingerprint density at radius 1 is 1.40 bits per heavy atom. The largest absolute Gasteiger partial charge is 0.314 e. The zero-order valence-corrected chi connectivity index (χ0v) is 10.5. The highest BCUT2D eigenvalue weighted by Gasteiger charge is 2.28. The van der Waals surface area contributed by atoms with Gasteiger partial charge in [-0.05, 0) is 44.1 Å². The van der Waals surface area contributed by atoms with E-state index in [0.717, 1.165) is 30.8 Å². The van der Waals surface area contributed by atoms with Gasteiger partial charge in [0, 0.05) is 6.04 Å². The minimum absolute atomic E-state index is 0.740. The lowest BCUT2D eigenvalue weighted by atomic mass is 9.92. The Bertz CT molecular complexity index is 176. The maximum Gasteiger partial charge on any atom is 0.00982 e. The first-order valence-corrected chi connectivity index (χ1v) is 6.66. The molecule has 1 heteroatoms. The number of hydrogen-bond acceptors (Lipinski definition) is 1. The summed E-state index contributed by atoms with van der Waals surface area (Å²) < 4.78 is 0. The minimum Gasteiger partial charge on any atom is -0.314 e. The third-order valence-corrected chi connectivity index (χ3v) is 3.88. The van der Waals surface area contributed by atoms with Crippen LogP contribution in [0.5, 0.6) is 0 Å². The first-order chi connectivity index (χ1) is 7.31. The first-order valence-electron chi connectivity index (χ1n) is 6.66. The zero-order valence-electron chi connectivity index (χ0n) is 10.5. The third kappa shape index (κ3) is 3.98. The summed E-state index contributed by atoms with van der Waals surface area (Å²) in [5.41, 5.74) is 0. The Morgan fingerprint density at radius 2 is 2.20 bits per heavy atom. The molecule has 0 amide bonds. The SMILES string of the molecule is C=CCCC(NCC)C1CCC(CC)C1. The van der Waals surface area contributed by atoms with Crippen molar-refractivity contribution in [2.24, 2.45) is 11.8 Å². The van der Waals surface area contributed by atoms with Crippen molar-refractivity contribution < 1.29 is 0 Å². The predicted molar refractivity (Wildman–Crippen MR) is 68.0 cm³/mol. The van der Waals surface area contributed by atoms with Gasteiger partial charge in [-0.1, -0.05) is 32.8 Å². The highest BCUT2D eigenvalue weighted by atomic mass is 14.9. The molecule has 1 nitrogen and oxygen atoms in total. The average molecular weight is 209 g/mol. The van der Waals surface area contributed by atoms with Gasteiger partial charge >= 0.3 is 0 Å². The van der Waals surface area contributed by atoms with Gasteiger partial charge in [0.2, 0.25) is 0 Å². The van der Waals surface area contributed by atoms with E-state index in [0.29, 0.717) is 0 Å². The summed E-state index contributed by atoms with van der Waals surface area (Å²) in [6.45, 7) is 9.48. The number of nitrogens with one attached hydrogen (secondary N) is 1. The molecule has 1 aliphatic carbocycles. The monoisotopic (exact) mass is 209 g/mol. The lowest BCUT2D eigenvalue weighted by molar-refractivity contribution is 0.336. The lowest BCUT2D eigenvalue weighted by Crippen LogP contribution is -2.35. The maximum absolute atomic E-state index is 3.82. The average Bonchev–Trinajstić information content (AvgIpc) is 2.72. The molecule has 3 atom stereocenters. The molecule has 1 saturated carbocycles. The topological polar surface area (TPSA) is 12.0 Å². The molecule has 0 bridgehead atoms. The molecule has 0 saturated heterocycles. The molecule has 0 radical (unpaired) electrons. The van der Waals surface area contributed by atoms with Crippen LogP contribution in [0.1, 0.15) is 52.4 Å². The fraction of sp³-hybridized carbons (Fsp3) is 0.857. The van der Waals surface area contributed by atoms with Gasteiger partial charge in [-0.25, -0.2) is 0 Å². The van der Waals surface area contributed by atoms with Crippen molar-refractivity contribution in [3.8, 4) is 0 Å². The summed E-state index contributed by atoms with van der Waals surface area (Å²) in [4.78, 5) is 0. The van der Waals surface area contributed by atoms with E-state index in [1.165, 1.54) is 32.1 Å². The Hall–Kier alpha value is -0.300. The molecular formula is C14H27N. The molecule has 0 aromatic carbocycles. The summed E-state index contributed by atoms with van der Waals surface area (Å²) in [6, 6.07) is 0.740. The van der Waals surface area contributed by atoms with E-state index >= 15 is 0 Å². The summed E-state index contributed by atoms with van der Waals surface area (Å²) in [7, 11) is 0. The molecule has 0 aromatic rings.